The lowest BCUT2D eigenvalue weighted by Crippen LogP contribution is -2.65. The first-order chi connectivity index (χ1) is 22.5. The van der Waals surface area contributed by atoms with Crippen LogP contribution in [0.3, 0.4) is 0 Å². The predicted molar refractivity (Wildman–Crippen MR) is 185 cm³/mol. The van der Waals surface area contributed by atoms with E-state index in [2.05, 4.69) is 83.8 Å². The number of hydrogen-bond donors (Lipinski definition) is 4. The fourth-order valence-electron chi connectivity index (χ4n) is 13.0. The van der Waals surface area contributed by atoms with Crippen molar-refractivity contribution in [3.63, 3.8) is 0 Å². The van der Waals surface area contributed by atoms with E-state index in [-0.39, 0.29) is 45.6 Å². The summed E-state index contributed by atoms with van der Waals surface area (Å²) in [4.78, 5) is 18.3. The molecular formula is C41H57NO6. The number of hydrogen-bond acceptors (Lipinski definition) is 6. The summed E-state index contributed by atoms with van der Waals surface area (Å²) in [5.74, 6) is 0.829. The molecule has 2 heterocycles. The number of aliphatic hydroxyl groups is 3. The van der Waals surface area contributed by atoms with Gasteiger partial charge in [0, 0.05) is 22.0 Å². The molecule has 0 bridgehead atoms. The van der Waals surface area contributed by atoms with Crippen LogP contribution in [-0.4, -0.2) is 57.5 Å². The van der Waals surface area contributed by atoms with Crippen LogP contribution >= 0.6 is 0 Å². The number of aliphatic hydroxyl groups excluding tert-OH is 3. The highest BCUT2D eigenvalue weighted by Gasteiger charge is 2.69. The monoisotopic (exact) mass is 659 g/mol. The maximum atomic E-state index is 14.4. The van der Waals surface area contributed by atoms with Crippen molar-refractivity contribution in [1.29, 1.82) is 0 Å². The molecule has 0 amide bonds. The van der Waals surface area contributed by atoms with E-state index in [0.29, 0.717) is 11.8 Å². The first-order valence-corrected chi connectivity index (χ1v) is 18.7. The van der Waals surface area contributed by atoms with E-state index in [0.717, 1.165) is 44.9 Å². The molecule has 1 aromatic carbocycles. The van der Waals surface area contributed by atoms with Crippen LogP contribution in [0, 0.1) is 44.8 Å². The normalized spacial score (nSPS) is 45.9. The number of nitrogens with one attached hydrogen (secondary N) is 1. The molecule has 3 saturated carbocycles. The largest absolute Gasteiger partial charge is 0.432 e. The average Bonchev–Trinajstić information content (AvgIpc) is 3.40. The van der Waals surface area contributed by atoms with Crippen LogP contribution in [-0.2, 0) is 26.1 Å². The molecule has 4 N–H and O–H groups in total. The lowest BCUT2D eigenvalue weighted by atomic mass is 9.33. The van der Waals surface area contributed by atoms with Crippen LogP contribution in [0.2, 0.25) is 0 Å². The summed E-state index contributed by atoms with van der Waals surface area (Å²) in [6, 6.07) is 8.85. The van der Waals surface area contributed by atoms with Crippen LogP contribution in [0.1, 0.15) is 111 Å². The summed E-state index contributed by atoms with van der Waals surface area (Å²) in [5.41, 5.74) is 5.29. The smallest absolute Gasteiger partial charge is 0.315 e. The third-order valence-corrected chi connectivity index (χ3v) is 15.9. The summed E-state index contributed by atoms with van der Waals surface area (Å²) in [7, 11) is 0. The summed E-state index contributed by atoms with van der Waals surface area (Å²) < 4.78 is 11.6. The fourth-order valence-corrected chi connectivity index (χ4v) is 13.0. The molecule has 4 fully saturated rings. The molecular weight excluding hydrogens is 602 g/mol. The highest BCUT2D eigenvalue weighted by molar-refractivity contribution is 5.85. The molecule has 0 radical (unpaired) electrons. The van der Waals surface area contributed by atoms with E-state index in [9.17, 15) is 20.1 Å². The van der Waals surface area contributed by atoms with Crippen molar-refractivity contribution in [3.05, 3.63) is 47.2 Å². The van der Waals surface area contributed by atoms with E-state index in [1.807, 2.05) is 0 Å². The zero-order valence-corrected chi connectivity index (χ0v) is 30.1. The van der Waals surface area contributed by atoms with Crippen LogP contribution in [0.5, 0.6) is 0 Å². The van der Waals surface area contributed by atoms with Gasteiger partial charge >= 0.3 is 5.97 Å². The highest BCUT2D eigenvalue weighted by atomic mass is 16.7. The van der Waals surface area contributed by atoms with Crippen molar-refractivity contribution in [1.82, 2.24) is 4.98 Å². The number of aromatic nitrogens is 1. The maximum absolute atomic E-state index is 14.4. The van der Waals surface area contributed by atoms with Crippen molar-refractivity contribution in [2.24, 2.45) is 44.8 Å². The molecule has 5 aliphatic carbocycles. The average molecular weight is 660 g/mol. The van der Waals surface area contributed by atoms with Crippen LogP contribution in [0.15, 0.2) is 35.9 Å². The number of rotatable bonds is 2. The van der Waals surface area contributed by atoms with E-state index in [4.69, 9.17) is 9.47 Å². The Morgan fingerprint density at radius 3 is 2.42 bits per heavy atom. The van der Waals surface area contributed by atoms with Crippen LogP contribution in [0.4, 0.5) is 0 Å². The first-order valence-electron chi connectivity index (χ1n) is 18.7. The molecule has 7 nitrogen and oxygen atoms in total. The number of carbonyl (C=O) groups is 1. The van der Waals surface area contributed by atoms with Crippen LogP contribution < -0.4 is 0 Å². The van der Waals surface area contributed by atoms with Crippen molar-refractivity contribution in [2.75, 3.05) is 6.61 Å². The Bertz CT molecular complexity index is 1670. The van der Waals surface area contributed by atoms with E-state index in [1.165, 1.54) is 40.6 Å². The predicted octanol–water partition coefficient (Wildman–Crippen LogP) is 6.97. The molecule has 7 heteroatoms. The summed E-state index contributed by atoms with van der Waals surface area (Å²) in [6.07, 6.45) is 5.96. The molecule has 2 aromatic rings. The minimum Gasteiger partial charge on any atom is -0.432 e. The molecule has 262 valence electrons. The van der Waals surface area contributed by atoms with Crippen LogP contribution in [0.25, 0.3) is 10.9 Å². The van der Waals surface area contributed by atoms with Crippen molar-refractivity contribution in [3.8, 4) is 0 Å². The molecule has 0 unspecified atom stereocenters. The van der Waals surface area contributed by atoms with Gasteiger partial charge in [-0.15, -0.1) is 0 Å². The highest BCUT2D eigenvalue weighted by Crippen LogP contribution is 2.75. The molecule has 8 rings (SSSR count). The number of esters is 1. The first kappa shape index (κ1) is 33.0. The number of H-pyrrole nitrogens is 1. The van der Waals surface area contributed by atoms with E-state index >= 15 is 0 Å². The van der Waals surface area contributed by atoms with Crippen molar-refractivity contribution < 1.29 is 29.6 Å². The van der Waals surface area contributed by atoms with E-state index in [1.54, 1.807) is 0 Å². The van der Waals surface area contributed by atoms with Gasteiger partial charge in [0.15, 0.2) is 0 Å². The lowest BCUT2D eigenvalue weighted by Gasteiger charge is -2.70. The Labute approximate surface area is 285 Å². The van der Waals surface area contributed by atoms with Gasteiger partial charge in [-0.3, -0.25) is 4.79 Å². The SMILES string of the molecule is CC1(C)CC[C@]2(C(=O)O[C@@H]3OC[C@@H](O)[C@@H](O)[C@@H]3O)CC[C@]3(C)C(=CC[C@@H]4[C@@]5(C)Cc6c([nH]c7ccccc67)C(C)(C)[C@@H]5CC[C@]43C)[C@@H]2C1. The molecule has 48 heavy (non-hydrogen) atoms. The summed E-state index contributed by atoms with van der Waals surface area (Å²) in [6.45, 7) is 17.2. The van der Waals surface area contributed by atoms with Gasteiger partial charge < -0.3 is 29.8 Å². The molecule has 0 spiro atoms. The van der Waals surface area contributed by atoms with Gasteiger partial charge in [-0.25, -0.2) is 0 Å². The molecule has 1 aromatic heterocycles. The van der Waals surface area contributed by atoms with Crippen molar-refractivity contribution in [2.45, 2.75) is 136 Å². The molecule has 11 atom stereocenters. The second-order valence-corrected chi connectivity index (χ2v) is 18.9. The Kier molecular flexibility index (Phi) is 7.17. The number of fused-ring (bicyclic) bond motifs is 10. The molecule has 1 saturated heterocycles. The maximum Gasteiger partial charge on any atom is 0.315 e. The Morgan fingerprint density at radius 1 is 0.917 bits per heavy atom. The number of para-hydroxylation sites is 1. The van der Waals surface area contributed by atoms with Gasteiger partial charge in [-0.2, -0.15) is 0 Å². The lowest BCUT2D eigenvalue weighted by molar-refractivity contribution is -0.270. The number of ether oxygens (including phenoxy) is 2. The second kappa shape index (κ2) is 10.4. The van der Waals surface area contributed by atoms with Gasteiger partial charge in [0.2, 0.25) is 6.29 Å². The summed E-state index contributed by atoms with van der Waals surface area (Å²) in [5, 5.41) is 32.3. The Morgan fingerprint density at radius 2 is 1.65 bits per heavy atom. The zero-order chi connectivity index (χ0) is 34.2. The summed E-state index contributed by atoms with van der Waals surface area (Å²) >= 11 is 0. The topological polar surface area (TPSA) is 112 Å². The quantitative estimate of drug-likeness (QED) is 0.205. The number of carbonyl (C=O) groups excluding carboxylic acids is 1. The Balaban J connectivity index is 1.17. The van der Waals surface area contributed by atoms with Gasteiger partial charge in [0.25, 0.3) is 0 Å². The fraction of sp³-hybridized carbons (Fsp3) is 0.732. The number of allylic oxidation sites excluding steroid dienone is 2. The molecule has 6 aliphatic rings. The van der Waals surface area contributed by atoms with Crippen molar-refractivity contribution >= 4 is 16.9 Å². The van der Waals surface area contributed by atoms with Gasteiger partial charge in [0.1, 0.15) is 18.3 Å². The minimum absolute atomic E-state index is 0.0435. The van der Waals surface area contributed by atoms with Gasteiger partial charge in [-0.05, 0) is 109 Å². The zero-order valence-electron chi connectivity index (χ0n) is 30.1. The standard InChI is InChI=1S/C41H57NO6/c1-36(2)16-18-41(35(46)48-34-32(45)31(44)28(43)22-47-34)19-17-39(6)25(26(41)21-36)12-13-30-38(5)20-24-23-10-8-9-11-27(23)42-33(24)37(3,4)29(38)14-15-40(30,39)7/h8-12,26,28-32,34,42-45H,13-22H2,1-7H3/t26-,28+,29-,30+,31+,32-,34-,38-,39+,40+,41-/m0/s1. The minimum atomic E-state index is -1.48. The molecule has 1 aliphatic heterocycles. The third-order valence-electron chi connectivity index (χ3n) is 15.9. The van der Waals surface area contributed by atoms with Gasteiger partial charge in [-0.1, -0.05) is 78.3 Å². The van der Waals surface area contributed by atoms with Gasteiger partial charge in [0.05, 0.1) is 12.0 Å². The Hall–Kier alpha value is -2.19. The number of aromatic amines is 1. The number of benzene rings is 1. The third kappa shape index (κ3) is 4.23. The van der Waals surface area contributed by atoms with E-state index < -0.39 is 30.0 Å². The second-order valence-electron chi connectivity index (χ2n) is 18.9.